The van der Waals surface area contributed by atoms with Crippen molar-refractivity contribution in [1.82, 2.24) is 9.78 Å². The van der Waals surface area contributed by atoms with E-state index in [4.69, 9.17) is 0 Å². The minimum atomic E-state index is 1.13. The molecule has 0 aliphatic rings. The average Bonchev–Trinajstić information content (AvgIpc) is 2.82. The minimum absolute atomic E-state index is 1.13. The Hall–Kier alpha value is -2.42. The van der Waals surface area contributed by atoms with Crippen molar-refractivity contribution in [3.63, 3.8) is 0 Å². The zero-order chi connectivity index (χ0) is 12.1. The highest BCUT2D eigenvalue weighted by Gasteiger charge is 2.16. The maximum Gasteiger partial charge on any atom is 0.272 e. The second-order valence-electron chi connectivity index (χ2n) is 4.51. The first kappa shape index (κ1) is 9.59. The average molecular weight is 234 g/mol. The van der Waals surface area contributed by atoms with Crippen LogP contribution in [-0.2, 0) is 7.05 Å². The lowest BCUT2D eigenvalue weighted by molar-refractivity contribution is -0.481. The molecule has 4 aromatic rings. The maximum absolute atomic E-state index is 4.38. The number of hydrogen-bond acceptors (Lipinski definition) is 1. The first-order valence-electron chi connectivity index (χ1n) is 5.99. The summed E-state index contributed by atoms with van der Waals surface area (Å²) < 4.78 is 4.08. The number of aromatic nitrogens is 3. The van der Waals surface area contributed by atoms with E-state index in [1.54, 1.807) is 0 Å². The smallest absolute Gasteiger partial charge is 0.196 e. The zero-order valence-electron chi connectivity index (χ0n) is 10.0. The number of nitrogens with zero attached hydrogens (tertiary/aromatic N) is 3. The van der Waals surface area contributed by atoms with Crippen LogP contribution in [0.4, 0.5) is 0 Å². The molecule has 0 aliphatic heterocycles. The van der Waals surface area contributed by atoms with E-state index in [1.165, 1.54) is 21.7 Å². The fourth-order valence-corrected chi connectivity index (χ4v) is 2.70. The fraction of sp³-hybridized carbons (Fsp3) is 0.0667. The van der Waals surface area contributed by atoms with E-state index in [0.717, 1.165) is 5.65 Å². The van der Waals surface area contributed by atoms with Gasteiger partial charge in [-0.05, 0) is 17.5 Å². The first-order chi connectivity index (χ1) is 8.86. The lowest BCUT2D eigenvalue weighted by Crippen LogP contribution is -2.21. The van der Waals surface area contributed by atoms with Crippen LogP contribution in [0.3, 0.4) is 0 Å². The first-order valence-corrected chi connectivity index (χ1v) is 5.99. The standard InChI is InChI=1S/C15H12N3/c1-17-15-13-8-3-2-6-11(13)12-7-4-5-9-14(12)18(15)10-16-17/h2-10H,1H3/q+1. The van der Waals surface area contributed by atoms with Crippen molar-refractivity contribution in [3.8, 4) is 0 Å². The number of pyridine rings is 1. The van der Waals surface area contributed by atoms with Gasteiger partial charge in [0.15, 0.2) is 0 Å². The molecule has 0 N–H and O–H groups in total. The Labute approximate surface area is 104 Å². The van der Waals surface area contributed by atoms with Gasteiger partial charge >= 0.3 is 0 Å². The molecule has 0 spiro atoms. The Morgan fingerprint density at radius 1 is 0.889 bits per heavy atom. The van der Waals surface area contributed by atoms with Crippen molar-refractivity contribution in [2.45, 2.75) is 0 Å². The molecule has 0 atom stereocenters. The van der Waals surface area contributed by atoms with Gasteiger partial charge in [0.2, 0.25) is 0 Å². The van der Waals surface area contributed by atoms with Crippen LogP contribution in [0.25, 0.3) is 27.3 Å². The number of hydrogen-bond donors (Lipinski definition) is 0. The van der Waals surface area contributed by atoms with Gasteiger partial charge in [-0.15, -0.1) is 4.68 Å². The van der Waals surface area contributed by atoms with Crippen LogP contribution in [0.2, 0.25) is 0 Å². The lowest BCUT2D eigenvalue weighted by atomic mass is 10.1. The summed E-state index contributed by atoms with van der Waals surface area (Å²) in [4.78, 5) is 0. The van der Waals surface area contributed by atoms with Gasteiger partial charge in [0.05, 0.1) is 12.4 Å². The second kappa shape index (κ2) is 3.29. The van der Waals surface area contributed by atoms with E-state index in [0.29, 0.717) is 0 Å². The predicted molar refractivity (Wildman–Crippen MR) is 71.4 cm³/mol. The van der Waals surface area contributed by atoms with Crippen LogP contribution >= 0.6 is 0 Å². The maximum atomic E-state index is 4.38. The van der Waals surface area contributed by atoms with Crippen LogP contribution in [0, 0.1) is 0 Å². The van der Waals surface area contributed by atoms with Gasteiger partial charge in [0, 0.05) is 10.5 Å². The molecule has 0 radical (unpaired) electrons. The Kier molecular flexibility index (Phi) is 1.75. The Morgan fingerprint density at radius 3 is 2.39 bits per heavy atom. The van der Waals surface area contributed by atoms with Crippen molar-refractivity contribution in [3.05, 3.63) is 54.9 Å². The van der Waals surface area contributed by atoms with Crippen LogP contribution in [-0.4, -0.2) is 9.78 Å². The Balaban J connectivity index is 2.48. The summed E-state index contributed by atoms with van der Waals surface area (Å²) in [5, 5.41) is 8.15. The molecule has 3 nitrogen and oxygen atoms in total. The highest BCUT2D eigenvalue weighted by molar-refractivity contribution is 6.08. The molecule has 0 aliphatic carbocycles. The Morgan fingerprint density at radius 2 is 1.56 bits per heavy atom. The third-order valence-corrected chi connectivity index (χ3v) is 3.50. The van der Waals surface area contributed by atoms with Gasteiger partial charge in [-0.2, -0.15) is 4.40 Å². The van der Waals surface area contributed by atoms with Gasteiger partial charge in [0.1, 0.15) is 5.52 Å². The highest BCUT2D eigenvalue weighted by atomic mass is 15.3. The summed E-state index contributed by atoms with van der Waals surface area (Å²) >= 11 is 0. The molecule has 0 saturated carbocycles. The molecule has 0 saturated heterocycles. The van der Waals surface area contributed by atoms with Crippen molar-refractivity contribution in [2.75, 3.05) is 0 Å². The van der Waals surface area contributed by atoms with E-state index >= 15 is 0 Å². The molecular formula is C15H12N3+. The lowest BCUT2D eigenvalue weighted by Gasteiger charge is -2.03. The summed E-state index contributed by atoms with van der Waals surface area (Å²) in [5.74, 6) is 0. The van der Waals surface area contributed by atoms with Crippen molar-refractivity contribution >= 4 is 27.3 Å². The van der Waals surface area contributed by atoms with Crippen LogP contribution in [0.5, 0.6) is 0 Å². The van der Waals surface area contributed by atoms with E-state index in [9.17, 15) is 0 Å². The van der Waals surface area contributed by atoms with E-state index < -0.39 is 0 Å². The van der Waals surface area contributed by atoms with Crippen molar-refractivity contribution < 1.29 is 4.40 Å². The van der Waals surface area contributed by atoms with E-state index in [2.05, 4.69) is 58.0 Å². The summed E-state index contributed by atoms with van der Waals surface area (Å²) in [7, 11) is 1.98. The summed E-state index contributed by atoms with van der Waals surface area (Å²) in [6, 6.07) is 16.9. The van der Waals surface area contributed by atoms with Crippen molar-refractivity contribution in [1.29, 1.82) is 0 Å². The number of rotatable bonds is 0. The fourth-order valence-electron chi connectivity index (χ4n) is 2.70. The number of benzene rings is 2. The summed E-state index contributed by atoms with van der Waals surface area (Å²) in [6.45, 7) is 0. The molecule has 0 bridgehead atoms. The molecule has 0 amide bonds. The monoisotopic (exact) mass is 234 g/mol. The van der Waals surface area contributed by atoms with Gasteiger partial charge in [-0.1, -0.05) is 36.4 Å². The molecule has 2 heterocycles. The van der Waals surface area contributed by atoms with Crippen LogP contribution in [0.1, 0.15) is 0 Å². The number of para-hydroxylation sites is 1. The largest absolute Gasteiger partial charge is 0.272 e. The summed E-state index contributed by atoms with van der Waals surface area (Å²) in [5.41, 5.74) is 2.32. The third-order valence-electron chi connectivity index (χ3n) is 3.50. The minimum Gasteiger partial charge on any atom is -0.196 e. The van der Waals surface area contributed by atoms with Gasteiger partial charge in [0.25, 0.3) is 12.0 Å². The normalized spacial score (nSPS) is 11.6. The number of fused-ring (bicyclic) bond motifs is 6. The number of aryl methyl sites for hydroxylation is 1. The van der Waals surface area contributed by atoms with E-state index in [-0.39, 0.29) is 0 Å². The van der Waals surface area contributed by atoms with Gasteiger partial charge < -0.3 is 0 Å². The van der Waals surface area contributed by atoms with E-state index in [1.807, 2.05) is 18.1 Å². The molecule has 18 heavy (non-hydrogen) atoms. The van der Waals surface area contributed by atoms with Crippen LogP contribution < -0.4 is 4.40 Å². The summed E-state index contributed by atoms with van der Waals surface area (Å²) in [6.07, 6.45) is 1.88. The SMILES string of the molecule is Cn1nc[n+]2c3ccccc3c3ccccc3c12. The molecule has 2 aromatic heterocycles. The molecule has 86 valence electrons. The van der Waals surface area contributed by atoms with Crippen LogP contribution in [0.15, 0.2) is 54.9 Å². The highest BCUT2D eigenvalue weighted by Crippen LogP contribution is 2.25. The third kappa shape index (κ3) is 1.08. The molecular weight excluding hydrogens is 222 g/mol. The zero-order valence-corrected chi connectivity index (χ0v) is 10.0. The molecule has 0 unspecified atom stereocenters. The van der Waals surface area contributed by atoms with Gasteiger partial charge in [-0.3, -0.25) is 0 Å². The van der Waals surface area contributed by atoms with Crippen molar-refractivity contribution in [2.24, 2.45) is 7.05 Å². The molecule has 2 aromatic carbocycles. The van der Waals surface area contributed by atoms with Gasteiger partial charge in [-0.25, -0.2) is 0 Å². The molecule has 0 fully saturated rings. The predicted octanol–water partition coefficient (Wildman–Crippen LogP) is 2.47. The molecule has 3 heteroatoms. The second-order valence-corrected chi connectivity index (χ2v) is 4.51. The topological polar surface area (TPSA) is 21.9 Å². The Bertz CT molecular complexity index is 890. The molecule has 4 rings (SSSR count). The quantitative estimate of drug-likeness (QED) is 0.338.